The fourth-order valence-electron chi connectivity index (χ4n) is 1.26. The van der Waals surface area contributed by atoms with E-state index in [1.807, 2.05) is 19.6 Å². The second-order valence-electron chi connectivity index (χ2n) is 4.54. The van der Waals surface area contributed by atoms with Crippen LogP contribution in [0.25, 0.3) is 0 Å². The molecular weight excluding hydrogens is 256 g/mol. The number of hydrogen-bond acceptors (Lipinski definition) is 4. The Hall–Kier alpha value is -0.0294. The first kappa shape index (κ1) is 16.0. The monoisotopic (exact) mass is 278 g/mol. The molecule has 4 nitrogen and oxygen atoms in total. The molecule has 0 saturated carbocycles. The highest BCUT2D eigenvalue weighted by molar-refractivity contribution is 6.89. The van der Waals surface area contributed by atoms with Crippen LogP contribution in [-0.4, -0.2) is 41.6 Å². The summed E-state index contributed by atoms with van der Waals surface area (Å²) in [6.45, 7) is 14.4. The molecule has 0 aliphatic heterocycles. The molecule has 0 heterocycles. The molecule has 0 aromatic rings. The Morgan fingerprint density at radius 1 is 1.06 bits per heavy atom. The topological polar surface area (TPSA) is 58.9 Å². The predicted octanol–water partition coefficient (Wildman–Crippen LogP) is 1.34. The van der Waals surface area contributed by atoms with Crippen molar-refractivity contribution in [3.63, 3.8) is 0 Å². The number of hydrogen-bond donors (Lipinski definition) is 2. The Morgan fingerprint density at radius 3 is 1.88 bits per heavy atom. The van der Waals surface area contributed by atoms with Crippen molar-refractivity contribution in [2.45, 2.75) is 26.2 Å². The van der Waals surface area contributed by atoms with Crippen LogP contribution in [0.1, 0.15) is 0 Å². The van der Waals surface area contributed by atoms with Crippen molar-refractivity contribution in [2.75, 3.05) is 6.23 Å². The largest absolute Gasteiger partial charge is 0.431 e. The third kappa shape index (κ3) is 5.34. The average molecular weight is 279 g/mol. The van der Waals surface area contributed by atoms with Crippen LogP contribution in [0.4, 0.5) is 0 Å². The van der Waals surface area contributed by atoms with E-state index in [-0.39, 0.29) is 6.23 Å². The van der Waals surface area contributed by atoms with Gasteiger partial charge in [-0.05, 0) is 26.2 Å². The van der Waals surface area contributed by atoms with Crippen molar-refractivity contribution in [1.29, 1.82) is 0 Å². The lowest BCUT2D eigenvalue weighted by atomic mass is 11.3. The van der Waals surface area contributed by atoms with Crippen molar-refractivity contribution in [3.05, 3.63) is 24.6 Å². The van der Waals surface area contributed by atoms with E-state index in [2.05, 4.69) is 13.2 Å². The molecule has 0 aromatic carbocycles. The number of aliphatic hydroxyl groups is 1. The van der Waals surface area contributed by atoms with Gasteiger partial charge in [0.1, 0.15) is 0 Å². The molecule has 0 aliphatic carbocycles. The molecule has 7 heteroatoms. The Bertz CT molecular complexity index is 267. The summed E-state index contributed by atoms with van der Waals surface area (Å²) < 4.78 is 11.5. The van der Waals surface area contributed by atoms with Gasteiger partial charge in [-0.25, -0.2) is 0 Å². The molecule has 2 unspecified atom stereocenters. The maximum Gasteiger partial charge on any atom is 0.349 e. The van der Waals surface area contributed by atoms with Crippen molar-refractivity contribution >= 4 is 25.4 Å². The third-order valence-electron chi connectivity index (χ3n) is 2.06. The van der Waals surface area contributed by atoms with Gasteiger partial charge >= 0.3 is 17.1 Å². The van der Waals surface area contributed by atoms with Crippen LogP contribution in [0, 0.1) is 0 Å². The molecule has 16 heavy (non-hydrogen) atoms. The summed E-state index contributed by atoms with van der Waals surface area (Å²) in [5.74, 6) is 0. The van der Waals surface area contributed by atoms with Crippen LogP contribution in [0.5, 0.6) is 0 Å². The van der Waals surface area contributed by atoms with Crippen LogP contribution in [-0.2, 0) is 8.23 Å². The normalized spacial score (nSPS) is 19.6. The first-order valence-corrected chi connectivity index (χ1v) is 13.0. The lowest BCUT2D eigenvalue weighted by Crippen LogP contribution is -2.54. The van der Waals surface area contributed by atoms with Crippen LogP contribution < -0.4 is 0 Å². The van der Waals surface area contributed by atoms with Gasteiger partial charge in [0.25, 0.3) is 0 Å². The zero-order chi connectivity index (χ0) is 13.0. The van der Waals surface area contributed by atoms with Gasteiger partial charge in [-0.2, -0.15) is 0 Å². The van der Waals surface area contributed by atoms with E-state index in [9.17, 15) is 9.90 Å². The van der Waals surface area contributed by atoms with Crippen LogP contribution in [0.15, 0.2) is 24.6 Å². The summed E-state index contributed by atoms with van der Waals surface area (Å²) in [7, 11) is -7.61. The molecule has 2 N–H and O–H groups in total. The summed E-state index contributed by atoms with van der Waals surface area (Å²) in [5, 5.41) is 9.26. The van der Waals surface area contributed by atoms with Gasteiger partial charge in [-0.3, -0.25) is 0 Å². The minimum atomic E-state index is -2.83. The maximum absolute atomic E-state index is 9.88. The van der Waals surface area contributed by atoms with Gasteiger partial charge < -0.3 is 18.1 Å². The van der Waals surface area contributed by atoms with Crippen molar-refractivity contribution in [1.82, 2.24) is 0 Å². The standard InChI is InChI=1S/C9H22O4Si3/c1-7-15(5,9-10)12-14(3,4)13-16(6,11)8-2/h7-8,10-11H,1-2,9H2,3-6H3. The second-order valence-corrected chi connectivity index (χ2v) is 14.8. The fraction of sp³-hybridized carbons (Fsp3) is 0.556. The Balaban J connectivity index is 4.68. The summed E-state index contributed by atoms with van der Waals surface area (Å²) in [6, 6.07) is 0. The predicted molar refractivity (Wildman–Crippen MR) is 72.6 cm³/mol. The molecule has 0 radical (unpaired) electrons. The van der Waals surface area contributed by atoms with Gasteiger partial charge in [0.05, 0.1) is 6.23 Å². The highest BCUT2D eigenvalue weighted by Crippen LogP contribution is 2.19. The summed E-state index contributed by atoms with van der Waals surface area (Å²) in [6.07, 6.45) is -0.0337. The first-order chi connectivity index (χ1) is 7.10. The number of rotatable bonds is 7. The lowest BCUT2D eigenvalue weighted by Gasteiger charge is -2.35. The van der Waals surface area contributed by atoms with Crippen LogP contribution >= 0.6 is 0 Å². The second kappa shape index (κ2) is 5.54. The Labute approximate surface area is 101 Å². The van der Waals surface area contributed by atoms with E-state index in [4.69, 9.17) is 8.23 Å². The molecule has 0 rings (SSSR count). The SMILES string of the molecule is C=C[Si](C)(O)O[Si](C)(C)O[Si](C)(C=C)CO. The van der Waals surface area contributed by atoms with E-state index in [1.165, 1.54) is 5.70 Å². The highest BCUT2D eigenvalue weighted by Gasteiger charge is 2.40. The minimum Gasteiger partial charge on any atom is -0.431 e. The Kier molecular flexibility index (Phi) is 5.53. The molecule has 0 bridgehead atoms. The van der Waals surface area contributed by atoms with E-state index < -0.39 is 25.4 Å². The van der Waals surface area contributed by atoms with Gasteiger partial charge in [0.2, 0.25) is 8.32 Å². The van der Waals surface area contributed by atoms with E-state index in [0.29, 0.717) is 0 Å². The lowest BCUT2D eigenvalue weighted by molar-refractivity contribution is 0.301. The van der Waals surface area contributed by atoms with Gasteiger partial charge in [-0.15, -0.1) is 13.2 Å². The quantitative estimate of drug-likeness (QED) is 0.690. The Morgan fingerprint density at radius 2 is 1.56 bits per heavy atom. The van der Waals surface area contributed by atoms with Crippen LogP contribution in [0.3, 0.4) is 0 Å². The van der Waals surface area contributed by atoms with E-state index in [1.54, 1.807) is 12.2 Å². The fourth-order valence-corrected chi connectivity index (χ4v) is 11.3. The van der Waals surface area contributed by atoms with Gasteiger partial charge in [0, 0.05) is 0 Å². The van der Waals surface area contributed by atoms with E-state index >= 15 is 0 Å². The molecule has 0 spiro atoms. The van der Waals surface area contributed by atoms with E-state index in [0.717, 1.165) is 0 Å². The van der Waals surface area contributed by atoms with Gasteiger partial charge in [0.15, 0.2) is 0 Å². The zero-order valence-corrected chi connectivity index (χ0v) is 13.5. The molecular formula is C9H22O4Si3. The molecule has 0 saturated heterocycles. The highest BCUT2D eigenvalue weighted by atomic mass is 28.5. The summed E-state index contributed by atoms with van der Waals surface area (Å²) in [5.41, 5.74) is 3.13. The smallest absolute Gasteiger partial charge is 0.349 e. The van der Waals surface area contributed by atoms with Crippen molar-refractivity contribution < 1.29 is 18.1 Å². The molecule has 0 fully saturated rings. The number of aliphatic hydroxyl groups excluding tert-OH is 1. The maximum atomic E-state index is 9.88. The van der Waals surface area contributed by atoms with Gasteiger partial charge in [-0.1, -0.05) is 11.4 Å². The van der Waals surface area contributed by atoms with Crippen LogP contribution in [0.2, 0.25) is 26.2 Å². The van der Waals surface area contributed by atoms with Crippen molar-refractivity contribution in [3.8, 4) is 0 Å². The minimum absolute atomic E-state index is 0.0337. The molecule has 94 valence electrons. The van der Waals surface area contributed by atoms with Crippen molar-refractivity contribution in [2.24, 2.45) is 0 Å². The molecule has 0 amide bonds. The summed E-state index contributed by atoms with van der Waals surface area (Å²) >= 11 is 0. The molecule has 2 atom stereocenters. The third-order valence-corrected chi connectivity index (χ3v) is 11.8. The average Bonchev–Trinajstić information content (AvgIpc) is 2.15. The first-order valence-electron chi connectivity index (χ1n) is 5.10. The summed E-state index contributed by atoms with van der Waals surface area (Å²) in [4.78, 5) is 9.88. The zero-order valence-electron chi connectivity index (χ0n) is 10.5. The molecule has 0 aliphatic rings. The molecule has 0 aromatic heterocycles.